The van der Waals surface area contributed by atoms with E-state index in [4.69, 9.17) is 0 Å². The fourth-order valence-corrected chi connectivity index (χ4v) is 5.52. The Labute approximate surface area is 135 Å². The minimum Gasteiger partial charge on any atom is -0.481 e. The van der Waals surface area contributed by atoms with Crippen molar-refractivity contribution in [2.45, 2.75) is 63.0 Å². The smallest absolute Gasteiger partial charge is 0.307 e. The Bertz CT molecular complexity index is 498. The molecule has 1 aliphatic rings. The van der Waals surface area contributed by atoms with Gasteiger partial charge in [-0.2, -0.15) is 0 Å². The van der Waals surface area contributed by atoms with Crippen molar-refractivity contribution in [2.75, 3.05) is 0 Å². The maximum absolute atomic E-state index is 11.6. The van der Waals surface area contributed by atoms with Crippen LogP contribution in [0.15, 0.2) is 9.72 Å². The van der Waals surface area contributed by atoms with Crippen molar-refractivity contribution in [3.63, 3.8) is 0 Å². The van der Waals surface area contributed by atoms with Crippen LogP contribution in [0.1, 0.15) is 52.1 Å². The molecule has 1 saturated carbocycles. The molecule has 118 valence electrons. The van der Waals surface area contributed by atoms with Crippen molar-refractivity contribution >= 4 is 29.1 Å². The zero-order valence-electron chi connectivity index (χ0n) is 13.3. The predicted octanol–water partition coefficient (Wildman–Crippen LogP) is 4.85. The monoisotopic (exact) mass is 327 g/mol. The van der Waals surface area contributed by atoms with Gasteiger partial charge in [-0.05, 0) is 37.5 Å². The van der Waals surface area contributed by atoms with Crippen LogP contribution in [0.2, 0.25) is 0 Å². The van der Waals surface area contributed by atoms with Crippen molar-refractivity contribution < 1.29 is 9.90 Å². The molecule has 3 atom stereocenters. The average Bonchev–Trinajstić information content (AvgIpc) is 2.83. The number of aliphatic carboxylic acids is 1. The normalized spacial score (nSPS) is 26.8. The molecular formula is C16H25NO2S2. The zero-order chi connectivity index (χ0) is 15.6. The van der Waals surface area contributed by atoms with Crippen LogP contribution >= 0.6 is 23.1 Å². The van der Waals surface area contributed by atoms with E-state index in [1.165, 1.54) is 0 Å². The molecule has 0 saturated heterocycles. The molecule has 0 aliphatic heterocycles. The lowest BCUT2D eigenvalue weighted by Crippen LogP contribution is -2.37. The van der Waals surface area contributed by atoms with Gasteiger partial charge in [-0.1, -0.05) is 39.0 Å². The first-order valence-corrected chi connectivity index (χ1v) is 9.41. The van der Waals surface area contributed by atoms with Gasteiger partial charge in [-0.15, -0.1) is 11.3 Å². The first-order valence-electron chi connectivity index (χ1n) is 7.65. The van der Waals surface area contributed by atoms with Crippen LogP contribution in [0, 0.1) is 24.2 Å². The van der Waals surface area contributed by atoms with Crippen molar-refractivity contribution in [3.05, 3.63) is 11.1 Å². The number of hydrogen-bond donors (Lipinski definition) is 1. The number of rotatable bonds is 5. The molecular weight excluding hydrogens is 302 g/mol. The molecule has 3 unspecified atom stereocenters. The van der Waals surface area contributed by atoms with E-state index in [9.17, 15) is 9.90 Å². The topological polar surface area (TPSA) is 50.2 Å². The van der Waals surface area contributed by atoms with E-state index >= 15 is 0 Å². The van der Waals surface area contributed by atoms with Gasteiger partial charge in [0, 0.05) is 16.3 Å². The second-order valence-electron chi connectivity index (χ2n) is 6.71. The number of thioether (sulfide) groups is 1. The van der Waals surface area contributed by atoms with Gasteiger partial charge in [0.25, 0.3) is 0 Å². The number of nitrogens with zero attached hydrogens (tertiary/aromatic N) is 1. The third-order valence-corrected chi connectivity index (χ3v) is 7.42. The van der Waals surface area contributed by atoms with Crippen LogP contribution in [0.5, 0.6) is 0 Å². The average molecular weight is 328 g/mol. The molecule has 0 radical (unpaired) electrons. The molecule has 1 fully saturated rings. The van der Waals surface area contributed by atoms with Gasteiger partial charge in [-0.25, -0.2) is 4.98 Å². The van der Waals surface area contributed by atoms with Gasteiger partial charge in [0.05, 0.1) is 5.92 Å². The molecule has 1 N–H and O–H groups in total. The largest absolute Gasteiger partial charge is 0.481 e. The molecule has 1 aromatic heterocycles. The van der Waals surface area contributed by atoms with Gasteiger partial charge in [-0.3, -0.25) is 4.79 Å². The summed E-state index contributed by atoms with van der Waals surface area (Å²) in [6, 6.07) is 0. The second-order valence-corrected chi connectivity index (χ2v) is 9.05. The Morgan fingerprint density at radius 1 is 1.52 bits per heavy atom. The van der Waals surface area contributed by atoms with Crippen LogP contribution in [0.4, 0.5) is 0 Å². The van der Waals surface area contributed by atoms with E-state index in [1.54, 1.807) is 23.1 Å². The summed E-state index contributed by atoms with van der Waals surface area (Å²) in [5.41, 5.74) is 1.32. The highest BCUT2D eigenvalue weighted by Gasteiger charge is 2.40. The highest BCUT2D eigenvalue weighted by molar-refractivity contribution is 8.01. The molecule has 2 rings (SSSR count). The lowest BCUT2D eigenvalue weighted by molar-refractivity contribution is -0.143. The summed E-state index contributed by atoms with van der Waals surface area (Å²) in [7, 11) is 0. The number of carboxylic acid groups (broad SMARTS) is 1. The molecule has 0 amide bonds. The Morgan fingerprint density at radius 3 is 2.76 bits per heavy atom. The summed E-state index contributed by atoms with van der Waals surface area (Å²) in [6.07, 6.45) is 3.96. The van der Waals surface area contributed by atoms with Gasteiger partial charge in [0.15, 0.2) is 0 Å². The number of carbonyl (C=O) groups is 1. The van der Waals surface area contributed by atoms with Gasteiger partial charge in [0.1, 0.15) is 4.34 Å². The molecule has 21 heavy (non-hydrogen) atoms. The second kappa shape index (κ2) is 6.69. The number of aromatic nitrogens is 1. The van der Waals surface area contributed by atoms with Crippen LogP contribution in [-0.2, 0) is 4.79 Å². The van der Waals surface area contributed by atoms with E-state index in [-0.39, 0.29) is 11.2 Å². The minimum atomic E-state index is -0.645. The Balaban J connectivity index is 2.13. The van der Waals surface area contributed by atoms with Crippen LogP contribution in [0.25, 0.3) is 0 Å². The molecule has 3 nitrogen and oxygen atoms in total. The molecule has 1 aliphatic carbocycles. The van der Waals surface area contributed by atoms with Crippen LogP contribution in [-0.4, -0.2) is 21.3 Å². The van der Waals surface area contributed by atoms with E-state index in [2.05, 4.69) is 25.8 Å². The molecule has 1 aromatic rings. The number of hydrogen-bond acceptors (Lipinski definition) is 4. The predicted molar refractivity (Wildman–Crippen MR) is 89.0 cm³/mol. The SMILES string of the molecule is CCC(C)(C)C1CCC(C(=O)O)C(Sc2nc(C)cs2)C1. The zero-order valence-corrected chi connectivity index (χ0v) is 14.9. The van der Waals surface area contributed by atoms with Gasteiger partial charge in [0.2, 0.25) is 0 Å². The van der Waals surface area contributed by atoms with E-state index in [0.717, 1.165) is 35.7 Å². The summed E-state index contributed by atoms with van der Waals surface area (Å²) in [5.74, 6) is -0.270. The van der Waals surface area contributed by atoms with E-state index < -0.39 is 5.97 Å². The van der Waals surface area contributed by atoms with Crippen molar-refractivity contribution in [1.29, 1.82) is 0 Å². The molecule has 0 spiro atoms. The highest BCUT2D eigenvalue weighted by atomic mass is 32.2. The van der Waals surface area contributed by atoms with Crippen molar-refractivity contribution in [1.82, 2.24) is 4.98 Å². The fraction of sp³-hybridized carbons (Fsp3) is 0.750. The van der Waals surface area contributed by atoms with E-state index in [1.807, 2.05) is 12.3 Å². The van der Waals surface area contributed by atoms with Crippen molar-refractivity contribution in [2.24, 2.45) is 17.3 Å². The summed E-state index contributed by atoms with van der Waals surface area (Å²) in [5, 5.41) is 11.7. The molecule has 5 heteroatoms. The Kier molecular flexibility index (Phi) is 5.36. The minimum absolute atomic E-state index is 0.151. The third kappa shape index (κ3) is 4.01. The summed E-state index contributed by atoms with van der Waals surface area (Å²) < 4.78 is 1.01. The lowest BCUT2D eigenvalue weighted by atomic mass is 9.67. The summed E-state index contributed by atoms with van der Waals surface area (Å²) >= 11 is 3.31. The van der Waals surface area contributed by atoms with Gasteiger partial charge < -0.3 is 5.11 Å². The number of thiazole rings is 1. The van der Waals surface area contributed by atoms with Gasteiger partial charge >= 0.3 is 5.97 Å². The highest BCUT2D eigenvalue weighted by Crippen LogP contribution is 2.47. The lowest BCUT2D eigenvalue weighted by Gasteiger charge is -2.41. The Hall–Kier alpha value is -0.550. The first kappa shape index (κ1) is 16.8. The number of aryl methyl sites for hydroxylation is 1. The molecule has 0 bridgehead atoms. The molecule has 0 aromatic carbocycles. The fourth-order valence-electron chi connectivity index (χ4n) is 3.06. The van der Waals surface area contributed by atoms with Crippen LogP contribution < -0.4 is 0 Å². The molecule has 1 heterocycles. The maximum atomic E-state index is 11.6. The van der Waals surface area contributed by atoms with Crippen molar-refractivity contribution in [3.8, 4) is 0 Å². The Morgan fingerprint density at radius 2 is 2.24 bits per heavy atom. The van der Waals surface area contributed by atoms with E-state index in [0.29, 0.717) is 11.3 Å². The standard InChI is InChI=1S/C16H25NO2S2/c1-5-16(3,4)11-6-7-12(14(18)19)13(8-11)21-15-17-10(2)9-20-15/h9,11-13H,5-8H2,1-4H3,(H,18,19). The quantitative estimate of drug-likeness (QED) is 0.840. The summed E-state index contributed by atoms with van der Waals surface area (Å²) in [4.78, 5) is 16.1. The maximum Gasteiger partial charge on any atom is 0.307 e. The third-order valence-electron chi connectivity index (χ3n) is 4.98. The number of carboxylic acids is 1. The first-order chi connectivity index (χ1) is 9.83. The summed E-state index contributed by atoms with van der Waals surface area (Å²) in [6.45, 7) is 8.84. The van der Waals surface area contributed by atoms with Crippen LogP contribution in [0.3, 0.4) is 0 Å².